The summed E-state index contributed by atoms with van der Waals surface area (Å²) < 4.78 is 4.82. The molecular formula is C11H13ClO3. The smallest absolute Gasteiger partial charge is 0.310 e. The Morgan fingerprint density at radius 3 is 2.60 bits per heavy atom. The Morgan fingerprint density at radius 2 is 2.07 bits per heavy atom. The van der Waals surface area contributed by atoms with Gasteiger partial charge in [-0.2, -0.15) is 0 Å². The van der Waals surface area contributed by atoms with Crippen LogP contribution in [-0.2, 0) is 16.0 Å². The Hall–Kier alpha value is -1.06. The molecule has 1 rings (SSSR count). The number of aliphatic hydroxyl groups excluding tert-OH is 1. The third-order valence-corrected chi connectivity index (χ3v) is 2.00. The molecule has 0 spiro atoms. The first-order valence-electron chi connectivity index (χ1n) is 4.66. The Balaban J connectivity index is 2.41. The van der Waals surface area contributed by atoms with Crippen molar-refractivity contribution in [3.05, 3.63) is 34.9 Å². The molecule has 1 atom stereocenters. The van der Waals surface area contributed by atoms with Crippen LogP contribution in [0.1, 0.15) is 12.5 Å². The van der Waals surface area contributed by atoms with Crippen LogP contribution in [0.15, 0.2) is 24.3 Å². The molecule has 82 valence electrons. The van der Waals surface area contributed by atoms with Crippen LogP contribution in [-0.4, -0.2) is 23.8 Å². The number of esters is 1. The van der Waals surface area contributed by atoms with E-state index >= 15 is 0 Å². The van der Waals surface area contributed by atoms with Crippen LogP contribution >= 0.6 is 11.6 Å². The Labute approximate surface area is 93.6 Å². The SMILES string of the molecule is CC(O)COC(=O)Cc1ccc(Cl)cc1. The molecule has 0 aliphatic rings. The molecule has 1 aromatic rings. The zero-order valence-electron chi connectivity index (χ0n) is 8.44. The monoisotopic (exact) mass is 228 g/mol. The highest BCUT2D eigenvalue weighted by Crippen LogP contribution is 2.10. The molecule has 0 aliphatic heterocycles. The van der Waals surface area contributed by atoms with E-state index in [4.69, 9.17) is 21.4 Å². The van der Waals surface area contributed by atoms with Crippen LogP contribution in [0.3, 0.4) is 0 Å². The zero-order valence-corrected chi connectivity index (χ0v) is 9.20. The minimum atomic E-state index is -0.626. The van der Waals surface area contributed by atoms with Gasteiger partial charge in [0.15, 0.2) is 0 Å². The number of rotatable bonds is 4. The molecule has 0 saturated heterocycles. The van der Waals surface area contributed by atoms with Gasteiger partial charge in [-0.3, -0.25) is 4.79 Å². The quantitative estimate of drug-likeness (QED) is 0.800. The number of carbonyl (C=O) groups excluding carboxylic acids is 1. The van der Waals surface area contributed by atoms with E-state index in [1.165, 1.54) is 0 Å². The van der Waals surface area contributed by atoms with Crippen molar-refractivity contribution < 1.29 is 14.6 Å². The minimum Gasteiger partial charge on any atom is -0.463 e. The first-order chi connectivity index (χ1) is 7.08. The summed E-state index contributed by atoms with van der Waals surface area (Å²) in [5.74, 6) is -0.349. The molecule has 0 heterocycles. The van der Waals surface area contributed by atoms with Crippen LogP contribution < -0.4 is 0 Å². The molecule has 0 radical (unpaired) electrons. The molecule has 15 heavy (non-hydrogen) atoms. The molecule has 0 bridgehead atoms. The predicted molar refractivity (Wildman–Crippen MR) is 57.8 cm³/mol. The first-order valence-corrected chi connectivity index (χ1v) is 5.04. The van der Waals surface area contributed by atoms with E-state index < -0.39 is 6.10 Å². The average Bonchev–Trinajstić information content (AvgIpc) is 2.19. The lowest BCUT2D eigenvalue weighted by atomic mass is 10.1. The maximum atomic E-state index is 11.2. The van der Waals surface area contributed by atoms with Crippen LogP contribution in [0.4, 0.5) is 0 Å². The number of halogens is 1. The number of aliphatic hydroxyl groups is 1. The standard InChI is InChI=1S/C11H13ClO3/c1-8(13)7-15-11(14)6-9-2-4-10(12)5-3-9/h2-5,8,13H,6-7H2,1H3. The Bertz CT molecular complexity index is 319. The van der Waals surface area contributed by atoms with Crippen molar-refractivity contribution in [3.63, 3.8) is 0 Å². The van der Waals surface area contributed by atoms with E-state index in [9.17, 15) is 4.79 Å². The summed E-state index contributed by atoms with van der Waals surface area (Å²) in [5.41, 5.74) is 0.843. The lowest BCUT2D eigenvalue weighted by molar-refractivity contribution is -0.145. The summed E-state index contributed by atoms with van der Waals surface area (Å²) in [6, 6.07) is 6.98. The lowest BCUT2D eigenvalue weighted by Crippen LogP contribution is -2.16. The number of carbonyl (C=O) groups is 1. The van der Waals surface area contributed by atoms with E-state index in [2.05, 4.69) is 0 Å². The molecule has 0 fully saturated rings. The normalized spacial score (nSPS) is 12.2. The van der Waals surface area contributed by atoms with E-state index in [1.807, 2.05) is 0 Å². The summed E-state index contributed by atoms with van der Waals surface area (Å²) in [7, 11) is 0. The van der Waals surface area contributed by atoms with Crippen molar-refractivity contribution in [2.24, 2.45) is 0 Å². The summed E-state index contributed by atoms with van der Waals surface area (Å²) in [6.45, 7) is 1.60. The molecule has 0 amide bonds. The van der Waals surface area contributed by atoms with E-state index in [0.717, 1.165) is 5.56 Å². The summed E-state index contributed by atoms with van der Waals surface area (Å²) in [4.78, 5) is 11.2. The molecule has 1 unspecified atom stereocenters. The largest absolute Gasteiger partial charge is 0.463 e. The van der Waals surface area contributed by atoms with Gasteiger partial charge < -0.3 is 9.84 Å². The fourth-order valence-corrected chi connectivity index (χ4v) is 1.16. The summed E-state index contributed by atoms with van der Waals surface area (Å²) in [6.07, 6.45) is -0.427. The Kier molecular flexibility index (Phi) is 4.59. The molecule has 1 N–H and O–H groups in total. The molecular weight excluding hydrogens is 216 g/mol. The van der Waals surface area contributed by atoms with Crippen molar-refractivity contribution in [2.75, 3.05) is 6.61 Å². The highest BCUT2D eigenvalue weighted by atomic mass is 35.5. The maximum Gasteiger partial charge on any atom is 0.310 e. The highest BCUT2D eigenvalue weighted by Gasteiger charge is 2.06. The molecule has 4 heteroatoms. The van der Waals surface area contributed by atoms with Gasteiger partial charge in [-0.25, -0.2) is 0 Å². The number of hydrogen-bond donors (Lipinski definition) is 1. The first kappa shape index (κ1) is 12.0. The van der Waals surface area contributed by atoms with Crippen molar-refractivity contribution >= 4 is 17.6 Å². The summed E-state index contributed by atoms with van der Waals surface area (Å²) in [5, 5.41) is 9.54. The second-order valence-electron chi connectivity index (χ2n) is 3.34. The molecule has 0 aromatic heterocycles. The second kappa shape index (κ2) is 5.73. The van der Waals surface area contributed by atoms with Gasteiger partial charge >= 0.3 is 5.97 Å². The predicted octanol–water partition coefficient (Wildman–Crippen LogP) is 1.81. The average molecular weight is 229 g/mol. The third kappa shape index (κ3) is 4.81. The van der Waals surface area contributed by atoms with E-state index in [-0.39, 0.29) is 19.0 Å². The maximum absolute atomic E-state index is 11.2. The van der Waals surface area contributed by atoms with Gasteiger partial charge in [-0.1, -0.05) is 23.7 Å². The van der Waals surface area contributed by atoms with Crippen molar-refractivity contribution in [1.82, 2.24) is 0 Å². The third-order valence-electron chi connectivity index (χ3n) is 1.75. The van der Waals surface area contributed by atoms with E-state index in [1.54, 1.807) is 31.2 Å². The van der Waals surface area contributed by atoms with Gasteiger partial charge in [0.1, 0.15) is 6.61 Å². The lowest BCUT2D eigenvalue weighted by Gasteiger charge is -2.06. The minimum absolute atomic E-state index is 0.0341. The van der Waals surface area contributed by atoms with Gasteiger partial charge in [0.05, 0.1) is 12.5 Å². The Morgan fingerprint density at radius 1 is 1.47 bits per heavy atom. The van der Waals surface area contributed by atoms with Crippen LogP contribution in [0.2, 0.25) is 5.02 Å². The molecule has 3 nitrogen and oxygen atoms in total. The zero-order chi connectivity index (χ0) is 11.3. The fourth-order valence-electron chi connectivity index (χ4n) is 1.03. The van der Waals surface area contributed by atoms with Gasteiger partial charge in [-0.05, 0) is 24.6 Å². The van der Waals surface area contributed by atoms with Crippen molar-refractivity contribution in [2.45, 2.75) is 19.4 Å². The van der Waals surface area contributed by atoms with Gasteiger partial charge in [0.2, 0.25) is 0 Å². The van der Waals surface area contributed by atoms with Gasteiger partial charge in [-0.15, -0.1) is 0 Å². The number of benzene rings is 1. The van der Waals surface area contributed by atoms with Gasteiger partial charge in [0, 0.05) is 5.02 Å². The molecule has 1 aromatic carbocycles. The van der Waals surface area contributed by atoms with Crippen LogP contribution in [0, 0.1) is 0 Å². The number of ether oxygens (including phenoxy) is 1. The van der Waals surface area contributed by atoms with Crippen molar-refractivity contribution in [3.8, 4) is 0 Å². The van der Waals surface area contributed by atoms with Gasteiger partial charge in [0.25, 0.3) is 0 Å². The molecule has 0 saturated carbocycles. The molecule has 0 aliphatic carbocycles. The second-order valence-corrected chi connectivity index (χ2v) is 3.77. The fraction of sp³-hybridized carbons (Fsp3) is 0.364. The van der Waals surface area contributed by atoms with Crippen LogP contribution in [0.25, 0.3) is 0 Å². The topological polar surface area (TPSA) is 46.5 Å². The number of hydrogen-bond acceptors (Lipinski definition) is 3. The van der Waals surface area contributed by atoms with Crippen LogP contribution in [0.5, 0.6) is 0 Å². The highest BCUT2D eigenvalue weighted by molar-refractivity contribution is 6.30. The van der Waals surface area contributed by atoms with Crippen molar-refractivity contribution in [1.29, 1.82) is 0 Å². The van der Waals surface area contributed by atoms with E-state index in [0.29, 0.717) is 5.02 Å². The summed E-state index contributed by atoms with van der Waals surface area (Å²) >= 11 is 5.70.